The summed E-state index contributed by atoms with van der Waals surface area (Å²) in [6, 6.07) is 8.35. The second-order valence-electron chi connectivity index (χ2n) is 6.52. The van der Waals surface area contributed by atoms with Crippen LogP contribution in [0.15, 0.2) is 36.4 Å². The summed E-state index contributed by atoms with van der Waals surface area (Å²) in [4.78, 5) is 35.7. The first-order valence-corrected chi connectivity index (χ1v) is 9.02. The molecule has 2 aromatic rings. The minimum Gasteiger partial charge on any atom is -0.506 e. The molecular weight excluding hydrogens is 402 g/mol. The molecule has 154 valence electrons. The number of carboxylic acid groups (broad SMARTS) is 2. The molecule has 1 amide bonds. The summed E-state index contributed by atoms with van der Waals surface area (Å²) < 4.78 is 0. The molecule has 29 heavy (non-hydrogen) atoms. The van der Waals surface area contributed by atoms with Gasteiger partial charge in [0.15, 0.2) is 0 Å². The minimum atomic E-state index is -1.53. The molecule has 0 spiro atoms. The van der Waals surface area contributed by atoms with Crippen LogP contribution in [0.3, 0.4) is 0 Å². The van der Waals surface area contributed by atoms with E-state index in [4.69, 9.17) is 11.6 Å². The molecule has 0 aromatic heterocycles. The van der Waals surface area contributed by atoms with E-state index in [2.05, 4.69) is 5.32 Å². The second kappa shape index (κ2) is 9.40. The number of aromatic carboxylic acids is 1. The van der Waals surface area contributed by atoms with Crippen molar-refractivity contribution in [1.29, 1.82) is 0 Å². The van der Waals surface area contributed by atoms with E-state index in [-0.39, 0.29) is 23.4 Å². The number of carbonyl (C=O) groups excluding carboxylic acids is 1. The van der Waals surface area contributed by atoms with Crippen molar-refractivity contribution in [2.24, 2.45) is 0 Å². The van der Waals surface area contributed by atoms with E-state index in [1.165, 1.54) is 6.92 Å². The maximum atomic E-state index is 12.6. The molecule has 2 atom stereocenters. The summed E-state index contributed by atoms with van der Waals surface area (Å²) in [7, 11) is 0. The maximum absolute atomic E-state index is 12.6. The lowest BCUT2D eigenvalue weighted by Crippen LogP contribution is -2.42. The highest BCUT2D eigenvalue weighted by molar-refractivity contribution is 6.32. The number of hydrogen-bond donors (Lipinski definition) is 5. The van der Waals surface area contributed by atoms with Gasteiger partial charge in [-0.15, -0.1) is 0 Å². The molecule has 0 aliphatic rings. The Morgan fingerprint density at radius 1 is 1.10 bits per heavy atom. The van der Waals surface area contributed by atoms with E-state index in [1.807, 2.05) is 0 Å². The molecule has 0 saturated heterocycles. The first-order valence-electron chi connectivity index (χ1n) is 8.65. The van der Waals surface area contributed by atoms with Crippen molar-refractivity contribution in [3.63, 3.8) is 0 Å². The number of nitrogens with one attached hydrogen (secondary N) is 1. The Bertz CT molecular complexity index is 928. The number of aliphatic hydroxyl groups is 1. The molecule has 0 saturated carbocycles. The molecule has 0 unspecified atom stereocenters. The van der Waals surface area contributed by atoms with Gasteiger partial charge in [-0.3, -0.25) is 4.79 Å². The number of aliphatic carboxylic acids is 1. The van der Waals surface area contributed by atoms with Gasteiger partial charge in [-0.25, -0.2) is 9.59 Å². The van der Waals surface area contributed by atoms with Crippen LogP contribution in [0.5, 0.6) is 5.75 Å². The Morgan fingerprint density at radius 2 is 1.72 bits per heavy atom. The fourth-order valence-corrected chi connectivity index (χ4v) is 3.14. The number of aliphatic hydroxyl groups excluding tert-OH is 1. The van der Waals surface area contributed by atoms with Gasteiger partial charge in [0, 0.05) is 17.9 Å². The van der Waals surface area contributed by atoms with Crippen molar-refractivity contribution in [3.8, 4) is 5.75 Å². The molecular formula is C20H20ClNO7. The molecule has 0 fully saturated rings. The third-order valence-corrected chi connectivity index (χ3v) is 4.53. The predicted octanol–water partition coefficient (Wildman–Crippen LogP) is 2.09. The molecule has 0 aliphatic carbocycles. The average Bonchev–Trinajstić information content (AvgIpc) is 2.63. The minimum absolute atomic E-state index is 0.0116. The number of rotatable bonds is 8. The van der Waals surface area contributed by atoms with Gasteiger partial charge in [-0.2, -0.15) is 0 Å². The number of phenols is 1. The number of carbonyl (C=O) groups is 3. The molecule has 0 bridgehead atoms. The summed E-state index contributed by atoms with van der Waals surface area (Å²) in [5.41, 5.74) is -0.442. The van der Waals surface area contributed by atoms with Crippen LogP contribution in [0.1, 0.15) is 38.8 Å². The van der Waals surface area contributed by atoms with Gasteiger partial charge in [0.2, 0.25) is 0 Å². The average molecular weight is 422 g/mol. The van der Waals surface area contributed by atoms with Crippen molar-refractivity contribution in [1.82, 2.24) is 5.32 Å². The Kier molecular flexibility index (Phi) is 7.19. The van der Waals surface area contributed by atoms with Crippen molar-refractivity contribution in [2.45, 2.75) is 31.9 Å². The standard InChI is InChI=1S/C20H20ClNO7/c1-10(23)7-12-14(21)9-13(17(24)16(12)20(28)29)18(25)22-15(19(26)27)8-11-5-3-2-4-6-11/h2-6,9-10,15,23-24H,7-8H2,1H3,(H,22,25)(H,26,27)(H,28,29)/t10-,15-/m0/s1. The molecule has 0 heterocycles. The number of carboxylic acids is 2. The highest BCUT2D eigenvalue weighted by Gasteiger charge is 2.28. The van der Waals surface area contributed by atoms with Crippen LogP contribution >= 0.6 is 11.6 Å². The molecule has 2 aromatic carbocycles. The van der Waals surface area contributed by atoms with E-state index in [0.29, 0.717) is 5.56 Å². The molecule has 9 heteroatoms. The van der Waals surface area contributed by atoms with E-state index in [1.54, 1.807) is 30.3 Å². The summed E-state index contributed by atoms with van der Waals surface area (Å²) >= 11 is 6.09. The van der Waals surface area contributed by atoms with Crippen molar-refractivity contribution < 1.29 is 34.8 Å². The normalized spacial score (nSPS) is 12.8. The van der Waals surface area contributed by atoms with Crippen LogP contribution in [-0.2, 0) is 17.6 Å². The zero-order valence-electron chi connectivity index (χ0n) is 15.4. The van der Waals surface area contributed by atoms with Crippen LogP contribution in [0, 0.1) is 0 Å². The third kappa shape index (κ3) is 5.46. The third-order valence-electron chi connectivity index (χ3n) is 4.20. The number of aromatic hydroxyl groups is 1. The smallest absolute Gasteiger partial charge is 0.339 e. The van der Waals surface area contributed by atoms with E-state index >= 15 is 0 Å². The van der Waals surface area contributed by atoms with Gasteiger partial charge in [0.05, 0.1) is 11.7 Å². The number of amides is 1. The Balaban J connectivity index is 2.38. The first-order chi connectivity index (χ1) is 13.6. The molecule has 0 radical (unpaired) electrons. The Morgan fingerprint density at radius 3 is 2.24 bits per heavy atom. The van der Waals surface area contributed by atoms with Crippen LogP contribution in [-0.4, -0.2) is 50.4 Å². The molecule has 0 aliphatic heterocycles. The highest BCUT2D eigenvalue weighted by atomic mass is 35.5. The Hall–Kier alpha value is -3.10. The van der Waals surface area contributed by atoms with E-state index in [0.717, 1.165) is 6.07 Å². The largest absolute Gasteiger partial charge is 0.506 e. The van der Waals surface area contributed by atoms with E-state index < -0.39 is 46.9 Å². The van der Waals surface area contributed by atoms with Crippen molar-refractivity contribution >= 4 is 29.4 Å². The second-order valence-corrected chi connectivity index (χ2v) is 6.93. The molecule has 5 N–H and O–H groups in total. The zero-order chi connectivity index (χ0) is 21.7. The topological polar surface area (TPSA) is 144 Å². The van der Waals surface area contributed by atoms with Crippen LogP contribution in [0.2, 0.25) is 5.02 Å². The van der Waals surface area contributed by atoms with Crippen molar-refractivity contribution in [3.05, 3.63) is 63.7 Å². The van der Waals surface area contributed by atoms with Crippen LogP contribution in [0.4, 0.5) is 0 Å². The summed E-state index contributed by atoms with van der Waals surface area (Å²) in [5.74, 6) is -4.66. The van der Waals surface area contributed by atoms with Gasteiger partial charge >= 0.3 is 11.9 Å². The van der Waals surface area contributed by atoms with Gasteiger partial charge in [0.25, 0.3) is 5.91 Å². The zero-order valence-corrected chi connectivity index (χ0v) is 16.2. The van der Waals surface area contributed by atoms with Gasteiger partial charge < -0.3 is 25.7 Å². The van der Waals surface area contributed by atoms with Gasteiger partial charge in [-0.05, 0) is 24.1 Å². The predicted molar refractivity (Wildman–Crippen MR) is 104 cm³/mol. The molecule has 8 nitrogen and oxygen atoms in total. The van der Waals surface area contributed by atoms with Crippen LogP contribution < -0.4 is 5.32 Å². The number of halogens is 1. The summed E-state index contributed by atoms with van der Waals surface area (Å²) in [6.07, 6.45) is -1.10. The van der Waals surface area contributed by atoms with Crippen LogP contribution in [0.25, 0.3) is 0 Å². The van der Waals surface area contributed by atoms with Crippen molar-refractivity contribution in [2.75, 3.05) is 0 Å². The summed E-state index contributed by atoms with van der Waals surface area (Å²) in [5, 5.41) is 40.9. The highest BCUT2D eigenvalue weighted by Crippen LogP contribution is 2.33. The van der Waals surface area contributed by atoms with Gasteiger partial charge in [0.1, 0.15) is 17.4 Å². The fraction of sp³-hybridized carbons (Fsp3) is 0.250. The monoisotopic (exact) mass is 421 g/mol. The van der Waals surface area contributed by atoms with E-state index in [9.17, 15) is 34.8 Å². The fourth-order valence-electron chi connectivity index (χ4n) is 2.86. The lowest BCUT2D eigenvalue weighted by Gasteiger charge is -2.18. The lowest BCUT2D eigenvalue weighted by molar-refractivity contribution is -0.139. The summed E-state index contributed by atoms with van der Waals surface area (Å²) in [6.45, 7) is 1.42. The SMILES string of the molecule is C[C@H](O)Cc1c(Cl)cc(C(=O)N[C@@H](Cc2ccccc2)C(=O)O)c(O)c1C(=O)O. The van der Waals surface area contributed by atoms with Gasteiger partial charge in [-0.1, -0.05) is 41.9 Å². The molecule has 2 rings (SSSR count). The first kappa shape index (κ1) is 22.2. The lowest BCUT2D eigenvalue weighted by atomic mass is 9.97. The Labute approximate surface area is 171 Å². The maximum Gasteiger partial charge on any atom is 0.339 e. The number of hydrogen-bond acceptors (Lipinski definition) is 5. The number of benzene rings is 2. The quantitative estimate of drug-likeness (QED) is 0.439.